The number of nitriles is 1. The number of benzene rings is 2. The van der Waals surface area contributed by atoms with Gasteiger partial charge in [-0.15, -0.1) is 11.3 Å². The Bertz CT molecular complexity index is 1370. The molecular formula is C31H36N4O3S. The molecule has 8 heteroatoms. The van der Waals surface area contributed by atoms with Crippen molar-refractivity contribution >= 4 is 23.3 Å². The largest absolute Gasteiger partial charge is 0.438 e. The number of carbonyl (C=O) groups excluding carboxylic acids is 2. The van der Waals surface area contributed by atoms with Gasteiger partial charge in [-0.3, -0.25) is 4.79 Å². The van der Waals surface area contributed by atoms with Gasteiger partial charge < -0.3 is 15.0 Å². The molecule has 7 nitrogen and oxygen atoms in total. The zero-order valence-electron chi connectivity index (χ0n) is 23.4. The summed E-state index contributed by atoms with van der Waals surface area (Å²) in [5.74, 6) is -0.134. The zero-order chi connectivity index (χ0) is 28.4. The lowest BCUT2D eigenvalue weighted by Gasteiger charge is -2.45. The van der Waals surface area contributed by atoms with Crippen molar-refractivity contribution in [2.24, 2.45) is 5.41 Å². The summed E-state index contributed by atoms with van der Waals surface area (Å²) in [6.45, 7) is 12.1. The molecule has 39 heavy (non-hydrogen) atoms. The molecule has 0 saturated carbocycles. The number of cyclic esters (lactones) is 1. The van der Waals surface area contributed by atoms with Crippen LogP contribution in [0.3, 0.4) is 0 Å². The van der Waals surface area contributed by atoms with E-state index in [4.69, 9.17) is 4.74 Å². The average molecular weight is 545 g/mol. The highest BCUT2D eigenvalue weighted by atomic mass is 32.1. The fraction of sp³-hybridized carbons (Fsp3) is 0.419. The van der Waals surface area contributed by atoms with Crippen LogP contribution in [0.5, 0.6) is 0 Å². The number of hydrogen-bond donors (Lipinski definition) is 1. The first-order chi connectivity index (χ1) is 18.3. The molecule has 0 bridgehead atoms. The number of aromatic nitrogens is 1. The number of ether oxygens (including phenoxy) is 1. The lowest BCUT2D eigenvalue weighted by Crippen LogP contribution is -2.50. The molecule has 1 aliphatic heterocycles. The maximum atomic E-state index is 13.4. The van der Waals surface area contributed by atoms with E-state index in [1.807, 2.05) is 96.1 Å². The van der Waals surface area contributed by atoms with Gasteiger partial charge in [-0.25, -0.2) is 9.78 Å². The number of carbonyl (C=O) groups is 2. The van der Waals surface area contributed by atoms with E-state index in [1.165, 1.54) is 11.3 Å². The predicted molar refractivity (Wildman–Crippen MR) is 153 cm³/mol. The molecule has 2 atom stereocenters. The van der Waals surface area contributed by atoms with Gasteiger partial charge in [-0.05, 0) is 52.7 Å². The van der Waals surface area contributed by atoms with Crippen LogP contribution in [0, 0.1) is 16.7 Å². The number of thiazole rings is 1. The van der Waals surface area contributed by atoms with Crippen molar-refractivity contribution in [3.05, 3.63) is 76.8 Å². The van der Waals surface area contributed by atoms with Crippen LogP contribution in [0.15, 0.2) is 60.8 Å². The molecule has 2 unspecified atom stereocenters. The minimum atomic E-state index is -0.848. The van der Waals surface area contributed by atoms with E-state index in [2.05, 4.69) is 16.4 Å². The normalized spacial score (nSPS) is 18.7. The van der Waals surface area contributed by atoms with E-state index in [9.17, 15) is 14.9 Å². The van der Waals surface area contributed by atoms with E-state index < -0.39 is 11.0 Å². The van der Waals surface area contributed by atoms with Crippen LogP contribution in [0.25, 0.3) is 10.6 Å². The summed E-state index contributed by atoms with van der Waals surface area (Å²) in [6, 6.07) is 19.8. The molecule has 1 fully saturated rings. The Hall–Kier alpha value is -3.70. The molecule has 0 spiro atoms. The lowest BCUT2D eigenvalue weighted by molar-refractivity contribution is -0.0770. The summed E-state index contributed by atoms with van der Waals surface area (Å²) in [5.41, 5.74) is 0.984. The first kappa shape index (κ1) is 28.3. The van der Waals surface area contributed by atoms with Gasteiger partial charge in [0, 0.05) is 30.5 Å². The van der Waals surface area contributed by atoms with E-state index in [1.54, 1.807) is 11.1 Å². The number of rotatable bonds is 7. The second-order valence-corrected chi connectivity index (χ2v) is 12.9. The quantitative estimate of drug-likeness (QED) is 0.343. The molecule has 2 amide bonds. The smallest absolute Gasteiger partial charge is 0.411 e. The lowest BCUT2D eigenvalue weighted by atomic mass is 9.75. The minimum absolute atomic E-state index is 0.134. The van der Waals surface area contributed by atoms with Gasteiger partial charge in [0.15, 0.2) is 0 Å². The maximum absolute atomic E-state index is 13.4. The van der Waals surface area contributed by atoms with Crippen LogP contribution in [-0.4, -0.2) is 34.0 Å². The number of hydrogen-bond acceptors (Lipinski definition) is 6. The first-order valence-electron chi connectivity index (χ1n) is 13.2. The molecule has 1 aliphatic rings. The fourth-order valence-corrected chi connectivity index (χ4v) is 5.76. The van der Waals surface area contributed by atoms with Crippen molar-refractivity contribution in [1.82, 2.24) is 15.2 Å². The summed E-state index contributed by atoms with van der Waals surface area (Å²) in [5, 5.41) is 13.4. The van der Waals surface area contributed by atoms with Gasteiger partial charge in [-0.1, -0.05) is 54.6 Å². The Kier molecular flexibility index (Phi) is 7.85. The Morgan fingerprint density at radius 1 is 1.15 bits per heavy atom. The zero-order valence-corrected chi connectivity index (χ0v) is 24.3. The topological polar surface area (TPSA) is 95.3 Å². The molecule has 1 aromatic heterocycles. The number of nitrogens with one attached hydrogen (secondary N) is 1. The van der Waals surface area contributed by atoms with Gasteiger partial charge in [-0.2, -0.15) is 5.26 Å². The van der Waals surface area contributed by atoms with E-state index in [0.29, 0.717) is 24.3 Å². The van der Waals surface area contributed by atoms with Crippen LogP contribution in [0.1, 0.15) is 81.2 Å². The van der Waals surface area contributed by atoms with Gasteiger partial charge in [0.2, 0.25) is 0 Å². The number of amides is 2. The Balaban J connectivity index is 1.49. The fourth-order valence-electron chi connectivity index (χ4n) is 4.94. The molecule has 1 N–H and O–H groups in total. The highest BCUT2D eigenvalue weighted by Gasteiger charge is 2.46. The van der Waals surface area contributed by atoms with Crippen molar-refractivity contribution < 1.29 is 14.3 Å². The van der Waals surface area contributed by atoms with Crippen molar-refractivity contribution in [3.63, 3.8) is 0 Å². The minimum Gasteiger partial charge on any atom is -0.438 e. The molecular weight excluding hydrogens is 508 g/mol. The molecule has 2 heterocycles. The van der Waals surface area contributed by atoms with Crippen LogP contribution in [-0.2, 0) is 10.3 Å². The summed E-state index contributed by atoms with van der Waals surface area (Å²) in [7, 11) is 0. The van der Waals surface area contributed by atoms with Gasteiger partial charge in [0.05, 0.1) is 23.7 Å². The van der Waals surface area contributed by atoms with Crippen molar-refractivity contribution in [2.45, 2.75) is 71.6 Å². The molecule has 3 aromatic rings. The third kappa shape index (κ3) is 6.48. The molecule has 1 saturated heterocycles. The Morgan fingerprint density at radius 3 is 2.41 bits per heavy atom. The molecule has 0 radical (unpaired) electrons. The maximum Gasteiger partial charge on any atom is 0.411 e. The standard InChI is InChI=1S/C31H36N4O3S/c1-21(22-12-14-23(15-13-22)27-33-18-25(39-27)26(36)34-29(2,3)4)35-17-16-31(38-28(35)37,19-30(5,6)20-32)24-10-8-7-9-11-24/h7-15,18,21H,16-17,19H2,1-6H3,(H,34,36). The second kappa shape index (κ2) is 10.8. The van der Waals surface area contributed by atoms with Crippen LogP contribution in [0.4, 0.5) is 4.79 Å². The Labute approximate surface area is 234 Å². The van der Waals surface area contributed by atoms with Crippen LogP contribution < -0.4 is 5.32 Å². The third-order valence-electron chi connectivity index (χ3n) is 6.93. The van der Waals surface area contributed by atoms with Gasteiger partial charge >= 0.3 is 6.09 Å². The SMILES string of the molecule is CC(c1ccc(-c2ncc(C(=O)NC(C)(C)C)s2)cc1)N1CCC(CC(C)(C)C#N)(c2ccccc2)OC1=O. The van der Waals surface area contributed by atoms with Crippen LogP contribution >= 0.6 is 11.3 Å². The van der Waals surface area contributed by atoms with E-state index in [-0.39, 0.29) is 23.6 Å². The van der Waals surface area contributed by atoms with Gasteiger partial charge in [0.1, 0.15) is 15.5 Å². The average Bonchev–Trinajstić information content (AvgIpc) is 3.39. The summed E-state index contributed by atoms with van der Waals surface area (Å²) in [6.07, 6.45) is 2.24. The van der Waals surface area contributed by atoms with Gasteiger partial charge in [0.25, 0.3) is 5.91 Å². The molecule has 4 rings (SSSR count). The third-order valence-corrected chi connectivity index (χ3v) is 7.97. The molecule has 2 aromatic carbocycles. The van der Waals surface area contributed by atoms with Crippen molar-refractivity contribution in [3.8, 4) is 16.6 Å². The summed E-state index contributed by atoms with van der Waals surface area (Å²) >= 11 is 1.35. The molecule has 0 aliphatic carbocycles. The van der Waals surface area contributed by atoms with E-state index in [0.717, 1.165) is 21.7 Å². The predicted octanol–water partition coefficient (Wildman–Crippen LogP) is 7.08. The molecule has 204 valence electrons. The summed E-state index contributed by atoms with van der Waals surface area (Å²) < 4.78 is 6.20. The monoisotopic (exact) mass is 544 g/mol. The van der Waals surface area contributed by atoms with Crippen molar-refractivity contribution in [1.29, 1.82) is 5.26 Å². The van der Waals surface area contributed by atoms with Crippen LogP contribution in [0.2, 0.25) is 0 Å². The van der Waals surface area contributed by atoms with Crippen molar-refractivity contribution in [2.75, 3.05) is 6.54 Å². The summed E-state index contributed by atoms with van der Waals surface area (Å²) in [4.78, 5) is 32.6. The Morgan fingerprint density at radius 2 is 1.82 bits per heavy atom. The second-order valence-electron chi connectivity index (χ2n) is 11.9. The first-order valence-corrected chi connectivity index (χ1v) is 14.0. The highest BCUT2D eigenvalue weighted by Crippen LogP contribution is 2.44. The number of nitrogens with zero attached hydrogens (tertiary/aromatic N) is 3. The highest BCUT2D eigenvalue weighted by molar-refractivity contribution is 7.16. The van der Waals surface area contributed by atoms with E-state index >= 15 is 0 Å².